The van der Waals surface area contributed by atoms with Crippen molar-refractivity contribution in [3.8, 4) is 5.75 Å². The number of quaternary nitrogens is 1. The highest BCUT2D eigenvalue weighted by atomic mass is 19.1. The minimum atomic E-state index is -0.322. The Labute approximate surface area is 212 Å². The Morgan fingerprint density at radius 3 is 2.64 bits per heavy atom. The molecule has 1 amide bonds. The summed E-state index contributed by atoms with van der Waals surface area (Å²) >= 11 is 0. The van der Waals surface area contributed by atoms with Crippen LogP contribution in [-0.2, 0) is 4.79 Å². The second-order valence-electron chi connectivity index (χ2n) is 10.9. The molecule has 2 fully saturated rings. The molecule has 8 heteroatoms. The third kappa shape index (κ3) is 5.64. The summed E-state index contributed by atoms with van der Waals surface area (Å²) in [6, 6.07) is 5.87. The molecule has 1 atom stereocenters. The van der Waals surface area contributed by atoms with E-state index in [1.807, 2.05) is 19.9 Å². The minimum absolute atomic E-state index is 0.109. The molecule has 0 radical (unpaired) electrons. The van der Waals surface area contributed by atoms with Gasteiger partial charge in [-0.25, -0.2) is 9.18 Å². The largest absolute Gasteiger partial charge is 0.490 e. The van der Waals surface area contributed by atoms with Gasteiger partial charge < -0.3 is 14.2 Å². The molecule has 0 saturated carbocycles. The van der Waals surface area contributed by atoms with E-state index in [-0.39, 0.29) is 17.7 Å². The summed E-state index contributed by atoms with van der Waals surface area (Å²) in [6.07, 6.45) is 8.75. The van der Waals surface area contributed by atoms with Crippen molar-refractivity contribution in [2.75, 3.05) is 37.7 Å². The number of anilines is 1. The predicted molar refractivity (Wildman–Crippen MR) is 135 cm³/mol. The Hall–Kier alpha value is -2.74. The van der Waals surface area contributed by atoms with Gasteiger partial charge in [0.05, 0.1) is 25.6 Å². The molecule has 36 heavy (non-hydrogen) atoms. The number of halogens is 1. The number of ether oxygens (including phenoxy) is 1. The standard InChI is InChI=1S/C28H37FN4O3/c1-19(2)26-30-28(36-31-26)33-15-11-20(12-16-33)18-35-25-10-9-23(17-24(25)29)21-5-7-22(8-6-21)27(34)32-13-3-4-14-32/h5,9-10,17,19-20,22H,3-4,6-8,11-16,18H2,1-2H3/p+1. The van der Waals surface area contributed by atoms with Gasteiger partial charge in [0.15, 0.2) is 17.4 Å². The molecule has 1 aliphatic carbocycles. The molecular weight excluding hydrogens is 459 g/mol. The zero-order valence-corrected chi connectivity index (χ0v) is 21.5. The molecule has 1 aromatic heterocycles. The van der Waals surface area contributed by atoms with Gasteiger partial charge in [-0.15, -0.1) is 0 Å². The first-order valence-corrected chi connectivity index (χ1v) is 13.6. The molecule has 3 aliphatic rings. The average Bonchev–Trinajstić information content (AvgIpc) is 3.61. The lowest BCUT2D eigenvalue weighted by Gasteiger charge is -2.30. The average molecular weight is 498 g/mol. The molecule has 3 heterocycles. The number of nitrogens with zero attached hydrogens (tertiary/aromatic N) is 3. The molecule has 5 rings (SSSR count). The normalized spacial score (nSPS) is 21.7. The summed E-state index contributed by atoms with van der Waals surface area (Å²) in [5.41, 5.74) is 2.03. The molecule has 2 aromatic rings. The first-order chi connectivity index (χ1) is 17.5. The lowest BCUT2D eigenvalue weighted by atomic mass is 9.86. The Morgan fingerprint density at radius 1 is 1.22 bits per heavy atom. The van der Waals surface area contributed by atoms with Gasteiger partial charge in [0.2, 0.25) is 0 Å². The van der Waals surface area contributed by atoms with Gasteiger partial charge in [0.1, 0.15) is 0 Å². The Balaban J connectivity index is 1.10. The van der Waals surface area contributed by atoms with Crippen LogP contribution in [0.1, 0.15) is 76.1 Å². The summed E-state index contributed by atoms with van der Waals surface area (Å²) in [5.74, 6) is 1.81. The Kier molecular flexibility index (Phi) is 7.70. The van der Waals surface area contributed by atoms with E-state index in [0.29, 0.717) is 30.2 Å². The Morgan fingerprint density at radius 2 is 2.00 bits per heavy atom. The van der Waals surface area contributed by atoms with Gasteiger partial charge in [0.25, 0.3) is 0 Å². The highest BCUT2D eigenvalue weighted by Crippen LogP contribution is 2.32. The van der Waals surface area contributed by atoms with Crippen LogP contribution in [0, 0.1) is 17.7 Å². The van der Waals surface area contributed by atoms with Crippen molar-refractivity contribution in [3.05, 3.63) is 41.5 Å². The summed E-state index contributed by atoms with van der Waals surface area (Å²) in [6.45, 7) is 8.20. The van der Waals surface area contributed by atoms with Crippen LogP contribution in [0.25, 0.3) is 5.57 Å². The first kappa shape index (κ1) is 24.9. The number of hydrogen-bond donors (Lipinski definition) is 1. The number of likely N-dealkylation sites (tertiary alicyclic amines) is 1. The van der Waals surface area contributed by atoms with Crippen LogP contribution < -0.4 is 14.5 Å². The topological polar surface area (TPSA) is 72.9 Å². The Bertz CT molecular complexity index is 1080. The quantitative estimate of drug-likeness (QED) is 0.623. The van der Waals surface area contributed by atoms with E-state index < -0.39 is 0 Å². The number of nitrogens with one attached hydrogen (secondary N) is 1. The first-order valence-electron chi connectivity index (χ1n) is 13.6. The van der Waals surface area contributed by atoms with E-state index in [4.69, 9.17) is 9.26 Å². The van der Waals surface area contributed by atoms with Crippen molar-refractivity contribution in [1.82, 2.24) is 10.1 Å². The molecule has 1 aromatic carbocycles. The van der Waals surface area contributed by atoms with Gasteiger partial charge in [-0.05, 0) is 61.3 Å². The number of hydrogen-bond acceptors (Lipinski definition) is 6. The van der Waals surface area contributed by atoms with Crippen LogP contribution in [0.5, 0.6) is 5.75 Å². The van der Waals surface area contributed by atoms with Gasteiger partial charge in [-0.3, -0.25) is 4.90 Å². The fourth-order valence-corrected chi connectivity index (χ4v) is 5.58. The summed E-state index contributed by atoms with van der Waals surface area (Å²) in [7, 11) is 0. The number of carbonyl (C=O) groups is 1. The predicted octanol–water partition coefficient (Wildman–Crippen LogP) is 4.02. The van der Waals surface area contributed by atoms with E-state index >= 15 is 0 Å². The van der Waals surface area contributed by atoms with E-state index in [0.717, 1.165) is 93.0 Å². The van der Waals surface area contributed by atoms with Crippen LogP contribution in [0.15, 0.2) is 28.8 Å². The monoisotopic (exact) mass is 497 g/mol. The third-order valence-electron chi connectivity index (χ3n) is 7.95. The second-order valence-corrected chi connectivity index (χ2v) is 10.9. The van der Waals surface area contributed by atoms with Crippen molar-refractivity contribution in [3.63, 3.8) is 0 Å². The third-order valence-corrected chi connectivity index (χ3v) is 7.95. The number of piperidine rings is 1. The maximum atomic E-state index is 14.9. The molecular formula is C28H38FN4O3+. The molecule has 0 spiro atoms. The van der Waals surface area contributed by atoms with Crippen molar-refractivity contribution >= 4 is 17.5 Å². The van der Waals surface area contributed by atoms with E-state index in [1.54, 1.807) is 12.1 Å². The SMILES string of the molecule is CC(C)c1noc(N2CCC(COc3ccc(C4=CCC(C(=O)[NH+]5CCCC5)CC4)cc3F)CC2)n1. The van der Waals surface area contributed by atoms with Crippen LogP contribution in [-0.4, -0.2) is 48.8 Å². The molecule has 1 unspecified atom stereocenters. The highest BCUT2D eigenvalue weighted by Gasteiger charge is 2.32. The lowest BCUT2D eigenvalue weighted by molar-refractivity contribution is -0.808. The highest BCUT2D eigenvalue weighted by molar-refractivity contribution is 5.74. The fraction of sp³-hybridized carbons (Fsp3) is 0.607. The smallest absolute Gasteiger partial charge is 0.324 e. The summed E-state index contributed by atoms with van der Waals surface area (Å²) in [4.78, 5) is 20.5. The molecule has 0 bridgehead atoms. The minimum Gasteiger partial charge on any atom is -0.490 e. The molecule has 2 aliphatic heterocycles. The molecule has 1 N–H and O–H groups in total. The van der Waals surface area contributed by atoms with Gasteiger partial charge >= 0.3 is 11.9 Å². The van der Waals surface area contributed by atoms with Crippen LogP contribution in [0.3, 0.4) is 0 Å². The second kappa shape index (κ2) is 11.1. The van der Waals surface area contributed by atoms with Gasteiger partial charge in [-0.2, -0.15) is 4.98 Å². The maximum absolute atomic E-state index is 14.9. The number of carbonyl (C=O) groups excluding carboxylic acids is 1. The van der Waals surface area contributed by atoms with Crippen LogP contribution in [0.2, 0.25) is 0 Å². The number of aromatic nitrogens is 2. The molecule has 2 saturated heterocycles. The number of allylic oxidation sites excluding steroid dienone is 2. The number of benzene rings is 1. The maximum Gasteiger partial charge on any atom is 0.324 e. The summed E-state index contributed by atoms with van der Waals surface area (Å²) < 4.78 is 26.2. The van der Waals surface area contributed by atoms with E-state index in [9.17, 15) is 9.18 Å². The van der Waals surface area contributed by atoms with Crippen molar-refractivity contribution < 1.29 is 23.3 Å². The molecule has 194 valence electrons. The van der Waals surface area contributed by atoms with Crippen molar-refractivity contribution in [2.24, 2.45) is 11.8 Å². The zero-order valence-electron chi connectivity index (χ0n) is 21.5. The fourth-order valence-electron chi connectivity index (χ4n) is 5.58. The van der Waals surface area contributed by atoms with E-state index in [2.05, 4.69) is 21.1 Å². The zero-order chi connectivity index (χ0) is 25.1. The van der Waals surface area contributed by atoms with E-state index in [1.165, 1.54) is 0 Å². The van der Waals surface area contributed by atoms with Gasteiger partial charge in [-0.1, -0.05) is 31.1 Å². The van der Waals surface area contributed by atoms with Crippen molar-refractivity contribution in [1.29, 1.82) is 0 Å². The number of rotatable bonds is 7. The lowest BCUT2D eigenvalue weighted by Crippen LogP contribution is -3.13. The van der Waals surface area contributed by atoms with Crippen molar-refractivity contribution in [2.45, 2.75) is 64.7 Å². The van der Waals surface area contributed by atoms with Crippen LogP contribution in [0.4, 0.5) is 10.4 Å². The van der Waals surface area contributed by atoms with Gasteiger partial charge in [0, 0.05) is 31.8 Å². The molecule has 7 nitrogen and oxygen atoms in total. The van der Waals surface area contributed by atoms with Crippen LogP contribution >= 0.6 is 0 Å². The summed E-state index contributed by atoms with van der Waals surface area (Å²) in [5, 5.41) is 4.05. The number of amides is 1.